The summed E-state index contributed by atoms with van der Waals surface area (Å²) in [6, 6.07) is 8.39. The van der Waals surface area contributed by atoms with Crippen molar-refractivity contribution < 1.29 is 18.7 Å². The minimum Gasteiger partial charge on any atom is -0.465 e. The number of piperidine rings is 1. The van der Waals surface area contributed by atoms with E-state index in [-0.39, 0.29) is 17.3 Å². The Balaban J connectivity index is 1.32. The summed E-state index contributed by atoms with van der Waals surface area (Å²) >= 11 is 0. The summed E-state index contributed by atoms with van der Waals surface area (Å²) in [7, 11) is 0. The van der Waals surface area contributed by atoms with Crippen LogP contribution in [-0.4, -0.2) is 43.9 Å². The summed E-state index contributed by atoms with van der Waals surface area (Å²) in [4.78, 5) is 18.9. The van der Waals surface area contributed by atoms with Gasteiger partial charge in [0.15, 0.2) is 5.58 Å². The Hall–Kier alpha value is -2.08. The second-order valence-corrected chi connectivity index (χ2v) is 7.14. The van der Waals surface area contributed by atoms with Gasteiger partial charge in [-0.1, -0.05) is 19.1 Å². The van der Waals surface area contributed by atoms with Crippen molar-refractivity contribution in [3.63, 3.8) is 0 Å². The number of rotatable bonds is 4. The molecule has 3 heterocycles. The van der Waals surface area contributed by atoms with Gasteiger partial charge in [-0.2, -0.15) is 4.98 Å². The molecule has 0 atom stereocenters. The van der Waals surface area contributed by atoms with Gasteiger partial charge in [0.25, 0.3) is 6.01 Å². The highest BCUT2D eigenvalue weighted by atomic mass is 16.5. The molecule has 2 saturated heterocycles. The molecular weight excluding hydrogens is 308 g/mol. The van der Waals surface area contributed by atoms with E-state index in [9.17, 15) is 4.79 Å². The predicted octanol–water partition coefficient (Wildman–Crippen LogP) is 2.62. The van der Waals surface area contributed by atoms with Gasteiger partial charge in [0.05, 0.1) is 19.1 Å². The van der Waals surface area contributed by atoms with E-state index in [2.05, 4.69) is 16.8 Å². The molecule has 24 heavy (non-hydrogen) atoms. The number of hydrogen-bond acceptors (Lipinski definition) is 6. The first kappa shape index (κ1) is 15.4. The largest absolute Gasteiger partial charge is 0.465 e. The first-order valence-electron chi connectivity index (χ1n) is 8.48. The van der Waals surface area contributed by atoms with E-state index in [1.807, 2.05) is 24.3 Å². The van der Waals surface area contributed by atoms with Crippen LogP contribution < -0.4 is 4.90 Å². The van der Waals surface area contributed by atoms with Gasteiger partial charge >= 0.3 is 5.97 Å². The van der Waals surface area contributed by atoms with E-state index < -0.39 is 0 Å². The highest BCUT2D eigenvalue weighted by molar-refractivity contribution is 5.75. The number of nitrogens with zero attached hydrogens (tertiary/aromatic N) is 2. The molecule has 1 aromatic heterocycles. The van der Waals surface area contributed by atoms with Crippen molar-refractivity contribution in [2.75, 3.05) is 37.8 Å². The smallest absolute Gasteiger partial charge is 0.309 e. The molecular formula is C18H22N2O4. The highest BCUT2D eigenvalue weighted by Gasteiger charge is 2.36. The minimum absolute atomic E-state index is 0.00849. The molecule has 6 nitrogen and oxygen atoms in total. The summed E-state index contributed by atoms with van der Waals surface area (Å²) in [6.07, 6.45) is 1.54. The van der Waals surface area contributed by atoms with Crippen molar-refractivity contribution in [1.82, 2.24) is 4.98 Å². The van der Waals surface area contributed by atoms with Crippen LogP contribution in [0.5, 0.6) is 0 Å². The fraction of sp³-hybridized carbons (Fsp3) is 0.556. The second kappa shape index (κ2) is 6.09. The van der Waals surface area contributed by atoms with Gasteiger partial charge in [-0.05, 0) is 25.0 Å². The van der Waals surface area contributed by atoms with E-state index in [4.69, 9.17) is 13.9 Å². The summed E-state index contributed by atoms with van der Waals surface area (Å²) in [5, 5.41) is 0. The lowest BCUT2D eigenvalue weighted by atomic mass is 9.90. The molecule has 4 rings (SSSR count). The SMILES string of the molecule is CC1(COC(=O)C2CCN(c3nc4ccccc4o3)CC2)COC1. The van der Waals surface area contributed by atoms with Crippen LogP contribution in [0.3, 0.4) is 0 Å². The summed E-state index contributed by atoms with van der Waals surface area (Å²) in [6.45, 7) is 5.41. The Kier molecular flexibility index (Phi) is 3.92. The van der Waals surface area contributed by atoms with Crippen molar-refractivity contribution in [3.8, 4) is 0 Å². The minimum atomic E-state index is -0.0830. The molecule has 2 aliphatic heterocycles. The van der Waals surface area contributed by atoms with Crippen LogP contribution >= 0.6 is 0 Å². The summed E-state index contributed by atoms with van der Waals surface area (Å²) in [5.41, 5.74) is 1.67. The van der Waals surface area contributed by atoms with E-state index >= 15 is 0 Å². The average Bonchev–Trinajstić information content (AvgIpc) is 3.02. The Bertz CT molecular complexity index is 696. The van der Waals surface area contributed by atoms with Crippen LogP contribution in [0.15, 0.2) is 28.7 Å². The van der Waals surface area contributed by atoms with Gasteiger partial charge in [0.2, 0.25) is 0 Å². The molecule has 0 bridgehead atoms. The third-order valence-electron chi connectivity index (χ3n) is 4.85. The van der Waals surface area contributed by atoms with Gasteiger partial charge in [-0.15, -0.1) is 0 Å². The lowest BCUT2D eigenvalue weighted by Crippen LogP contribution is -2.45. The van der Waals surface area contributed by atoms with Crippen molar-refractivity contribution in [2.45, 2.75) is 19.8 Å². The zero-order valence-electron chi connectivity index (χ0n) is 13.9. The number of oxazole rings is 1. The molecule has 0 unspecified atom stereocenters. The summed E-state index contributed by atoms with van der Waals surface area (Å²) in [5.74, 6) is -0.115. The van der Waals surface area contributed by atoms with Crippen molar-refractivity contribution in [3.05, 3.63) is 24.3 Å². The molecule has 128 valence electrons. The monoisotopic (exact) mass is 330 g/mol. The first-order chi connectivity index (χ1) is 11.6. The van der Waals surface area contributed by atoms with Crippen molar-refractivity contribution >= 4 is 23.1 Å². The number of benzene rings is 1. The standard InChI is InChI=1S/C18H22N2O4/c1-18(10-22-11-18)12-23-16(21)13-6-8-20(9-7-13)17-19-14-4-2-3-5-15(14)24-17/h2-5,13H,6-12H2,1H3. The average molecular weight is 330 g/mol. The molecule has 6 heteroatoms. The number of para-hydroxylation sites is 2. The molecule has 1 aromatic carbocycles. The molecule has 0 amide bonds. The van der Waals surface area contributed by atoms with Gasteiger partial charge in [0.1, 0.15) is 12.1 Å². The van der Waals surface area contributed by atoms with Crippen LogP contribution in [0.2, 0.25) is 0 Å². The molecule has 2 fully saturated rings. The molecule has 0 saturated carbocycles. The second-order valence-electron chi connectivity index (χ2n) is 7.14. The van der Waals surface area contributed by atoms with Crippen LogP contribution in [0, 0.1) is 11.3 Å². The van der Waals surface area contributed by atoms with Gasteiger partial charge in [-0.3, -0.25) is 4.79 Å². The number of carbonyl (C=O) groups is 1. The molecule has 2 aromatic rings. The van der Waals surface area contributed by atoms with E-state index in [0.717, 1.165) is 37.0 Å². The Morgan fingerprint density at radius 1 is 1.33 bits per heavy atom. The van der Waals surface area contributed by atoms with Crippen LogP contribution in [-0.2, 0) is 14.3 Å². The molecule has 0 radical (unpaired) electrons. The maximum Gasteiger partial charge on any atom is 0.309 e. The van der Waals surface area contributed by atoms with Crippen LogP contribution in [0.25, 0.3) is 11.1 Å². The van der Waals surface area contributed by atoms with Gasteiger partial charge in [0, 0.05) is 18.5 Å². The number of fused-ring (bicyclic) bond motifs is 1. The number of hydrogen-bond donors (Lipinski definition) is 0. The zero-order chi connectivity index (χ0) is 16.6. The lowest BCUT2D eigenvalue weighted by molar-refractivity contribution is -0.169. The normalized spacial score (nSPS) is 20.8. The molecule has 0 aliphatic carbocycles. The van der Waals surface area contributed by atoms with E-state index in [0.29, 0.717) is 25.8 Å². The topological polar surface area (TPSA) is 64.8 Å². The number of esters is 1. The Morgan fingerprint density at radius 3 is 2.75 bits per heavy atom. The zero-order valence-corrected chi connectivity index (χ0v) is 13.9. The Labute approximate surface area is 140 Å². The lowest BCUT2D eigenvalue weighted by Gasteiger charge is -2.37. The van der Waals surface area contributed by atoms with Crippen molar-refractivity contribution in [1.29, 1.82) is 0 Å². The fourth-order valence-corrected chi connectivity index (χ4v) is 3.20. The van der Waals surface area contributed by atoms with Crippen LogP contribution in [0.1, 0.15) is 19.8 Å². The van der Waals surface area contributed by atoms with Gasteiger partial charge in [-0.25, -0.2) is 0 Å². The maximum absolute atomic E-state index is 12.2. The molecule has 0 N–H and O–H groups in total. The fourth-order valence-electron chi connectivity index (χ4n) is 3.20. The number of carbonyl (C=O) groups excluding carboxylic acids is 1. The van der Waals surface area contributed by atoms with Gasteiger partial charge < -0.3 is 18.8 Å². The maximum atomic E-state index is 12.2. The number of anilines is 1. The Morgan fingerprint density at radius 2 is 2.08 bits per heavy atom. The van der Waals surface area contributed by atoms with E-state index in [1.165, 1.54) is 0 Å². The summed E-state index contributed by atoms with van der Waals surface area (Å²) < 4.78 is 16.5. The van der Waals surface area contributed by atoms with Crippen molar-refractivity contribution in [2.24, 2.45) is 11.3 Å². The molecule has 2 aliphatic rings. The van der Waals surface area contributed by atoms with Crippen LogP contribution in [0.4, 0.5) is 6.01 Å². The number of ether oxygens (including phenoxy) is 2. The van der Waals surface area contributed by atoms with E-state index in [1.54, 1.807) is 0 Å². The highest BCUT2D eigenvalue weighted by Crippen LogP contribution is 2.29. The predicted molar refractivity (Wildman–Crippen MR) is 88.8 cm³/mol. The molecule has 0 spiro atoms. The third-order valence-corrected chi connectivity index (χ3v) is 4.85. The number of aromatic nitrogens is 1. The quantitative estimate of drug-likeness (QED) is 0.803. The third kappa shape index (κ3) is 2.98. The first-order valence-corrected chi connectivity index (χ1v) is 8.48.